The first-order valence-corrected chi connectivity index (χ1v) is 10.8. The van der Waals surface area contributed by atoms with Gasteiger partial charge in [-0.1, -0.05) is 24.3 Å². The Hall–Kier alpha value is -2.52. The molecular weight excluding hydrogens is 389 g/mol. The van der Waals surface area contributed by atoms with Gasteiger partial charge < -0.3 is 0 Å². The SMILES string of the molecule is CCc1ccc2nc(NNC(=O)CCS(=O)(=O)c3ccc(F)cc3)sc2c1. The lowest BCUT2D eigenvalue weighted by atomic mass is 10.2. The zero-order valence-electron chi connectivity index (χ0n) is 14.5. The maximum atomic E-state index is 12.9. The number of thiazole rings is 1. The Balaban J connectivity index is 1.56. The Morgan fingerprint density at radius 3 is 2.63 bits per heavy atom. The van der Waals surface area contributed by atoms with Crippen LogP contribution in [-0.4, -0.2) is 25.1 Å². The first kappa shape index (κ1) is 19.2. The first-order chi connectivity index (χ1) is 12.9. The third-order valence-electron chi connectivity index (χ3n) is 3.94. The predicted molar refractivity (Wildman–Crippen MR) is 104 cm³/mol. The number of carbonyl (C=O) groups is 1. The number of benzene rings is 2. The van der Waals surface area contributed by atoms with Gasteiger partial charge in [-0.25, -0.2) is 17.8 Å². The minimum atomic E-state index is -3.65. The molecule has 0 fully saturated rings. The van der Waals surface area contributed by atoms with Crippen molar-refractivity contribution in [1.29, 1.82) is 0 Å². The number of carbonyl (C=O) groups excluding carboxylic acids is 1. The van der Waals surface area contributed by atoms with Gasteiger partial charge in [0.05, 0.1) is 20.9 Å². The molecule has 6 nitrogen and oxygen atoms in total. The van der Waals surface area contributed by atoms with Crippen molar-refractivity contribution in [2.45, 2.75) is 24.7 Å². The van der Waals surface area contributed by atoms with Crippen LogP contribution in [0, 0.1) is 5.82 Å². The Bertz CT molecular complexity index is 1060. The van der Waals surface area contributed by atoms with Crippen molar-refractivity contribution in [1.82, 2.24) is 10.4 Å². The van der Waals surface area contributed by atoms with Crippen LogP contribution in [0.4, 0.5) is 9.52 Å². The Kier molecular flexibility index (Phi) is 5.71. The molecule has 0 aliphatic carbocycles. The number of halogens is 1. The van der Waals surface area contributed by atoms with E-state index < -0.39 is 21.6 Å². The molecule has 0 saturated heterocycles. The van der Waals surface area contributed by atoms with E-state index in [0.29, 0.717) is 5.13 Å². The average Bonchev–Trinajstić information content (AvgIpc) is 3.07. The fourth-order valence-electron chi connectivity index (χ4n) is 2.41. The van der Waals surface area contributed by atoms with E-state index in [9.17, 15) is 17.6 Å². The number of hydrazine groups is 1. The molecule has 1 heterocycles. The van der Waals surface area contributed by atoms with Gasteiger partial charge in [0.15, 0.2) is 9.84 Å². The molecule has 0 radical (unpaired) electrons. The molecule has 1 aromatic heterocycles. The smallest absolute Gasteiger partial charge is 0.239 e. The number of anilines is 1. The zero-order valence-corrected chi connectivity index (χ0v) is 16.2. The standard InChI is InChI=1S/C18H18FN3O3S2/c1-2-12-3-8-15-16(11-12)26-18(20-15)22-21-17(23)9-10-27(24,25)14-6-4-13(19)5-7-14/h3-8,11H,2,9-10H2,1H3,(H,20,22)(H,21,23). The van der Waals surface area contributed by atoms with E-state index in [0.717, 1.165) is 28.8 Å². The number of nitrogens with one attached hydrogen (secondary N) is 2. The van der Waals surface area contributed by atoms with Crippen molar-refractivity contribution in [2.75, 3.05) is 11.2 Å². The third-order valence-corrected chi connectivity index (χ3v) is 6.61. The second-order valence-electron chi connectivity index (χ2n) is 5.87. The summed E-state index contributed by atoms with van der Waals surface area (Å²) in [6.07, 6.45) is 0.702. The highest BCUT2D eigenvalue weighted by Gasteiger charge is 2.16. The maximum Gasteiger partial charge on any atom is 0.239 e. The molecule has 1 amide bonds. The van der Waals surface area contributed by atoms with Crippen LogP contribution < -0.4 is 10.9 Å². The normalized spacial score (nSPS) is 11.5. The summed E-state index contributed by atoms with van der Waals surface area (Å²) in [5.74, 6) is -1.36. The van der Waals surface area contributed by atoms with Gasteiger partial charge in [-0.2, -0.15) is 0 Å². The number of hydrogen-bond donors (Lipinski definition) is 2. The lowest BCUT2D eigenvalue weighted by molar-refractivity contribution is -0.120. The van der Waals surface area contributed by atoms with Gasteiger partial charge in [0.2, 0.25) is 11.0 Å². The summed E-state index contributed by atoms with van der Waals surface area (Å²) in [6.45, 7) is 2.07. The van der Waals surface area contributed by atoms with Crippen LogP contribution in [0.5, 0.6) is 0 Å². The third kappa shape index (κ3) is 4.81. The van der Waals surface area contributed by atoms with Gasteiger partial charge in [0, 0.05) is 6.42 Å². The minimum Gasteiger partial charge on any atom is -0.273 e. The molecule has 0 spiro atoms. The highest BCUT2D eigenvalue weighted by atomic mass is 32.2. The van der Waals surface area contributed by atoms with Crippen molar-refractivity contribution in [3.8, 4) is 0 Å². The number of nitrogens with zero attached hydrogens (tertiary/aromatic N) is 1. The molecule has 0 atom stereocenters. The van der Waals surface area contributed by atoms with E-state index in [-0.39, 0.29) is 17.1 Å². The van der Waals surface area contributed by atoms with Gasteiger partial charge in [0.1, 0.15) is 5.82 Å². The summed E-state index contributed by atoms with van der Waals surface area (Å²) in [6, 6.07) is 10.5. The van der Waals surface area contributed by atoms with Crippen molar-refractivity contribution < 1.29 is 17.6 Å². The molecule has 9 heteroatoms. The molecule has 3 rings (SSSR count). The van der Waals surface area contributed by atoms with E-state index in [1.807, 2.05) is 12.1 Å². The second-order valence-corrected chi connectivity index (χ2v) is 9.01. The highest BCUT2D eigenvalue weighted by Crippen LogP contribution is 2.26. The summed E-state index contributed by atoms with van der Waals surface area (Å²) in [5.41, 5.74) is 7.20. The van der Waals surface area contributed by atoms with Crippen LogP contribution in [-0.2, 0) is 21.1 Å². The number of rotatable bonds is 7. The number of aromatic nitrogens is 1. The van der Waals surface area contributed by atoms with Crippen LogP contribution in [0.15, 0.2) is 47.4 Å². The van der Waals surface area contributed by atoms with Crippen molar-refractivity contribution in [3.63, 3.8) is 0 Å². The molecular formula is C18H18FN3O3S2. The van der Waals surface area contributed by atoms with Crippen LogP contribution in [0.1, 0.15) is 18.9 Å². The van der Waals surface area contributed by atoms with Gasteiger partial charge in [-0.05, 0) is 48.4 Å². The molecule has 142 valence electrons. The number of fused-ring (bicyclic) bond motifs is 1. The van der Waals surface area contributed by atoms with Crippen LogP contribution in [0.3, 0.4) is 0 Å². The van der Waals surface area contributed by atoms with Crippen LogP contribution in [0.2, 0.25) is 0 Å². The van der Waals surface area contributed by atoms with Crippen LogP contribution >= 0.6 is 11.3 Å². The molecule has 0 aliphatic heterocycles. The monoisotopic (exact) mass is 407 g/mol. The zero-order chi connectivity index (χ0) is 19.4. The number of aryl methyl sites for hydroxylation is 1. The van der Waals surface area contributed by atoms with Gasteiger partial charge in [-0.3, -0.25) is 15.6 Å². The van der Waals surface area contributed by atoms with Gasteiger partial charge in [0.25, 0.3) is 0 Å². The van der Waals surface area contributed by atoms with E-state index in [4.69, 9.17) is 0 Å². The van der Waals surface area contributed by atoms with Crippen LogP contribution in [0.25, 0.3) is 10.2 Å². The topological polar surface area (TPSA) is 88.2 Å². The summed E-state index contributed by atoms with van der Waals surface area (Å²) in [7, 11) is -3.65. The summed E-state index contributed by atoms with van der Waals surface area (Å²) in [4.78, 5) is 16.3. The summed E-state index contributed by atoms with van der Waals surface area (Å²) >= 11 is 1.40. The number of sulfone groups is 1. The van der Waals surface area contributed by atoms with Gasteiger partial charge >= 0.3 is 0 Å². The Morgan fingerprint density at radius 1 is 1.19 bits per heavy atom. The van der Waals surface area contributed by atoms with E-state index in [1.54, 1.807) is 0 Å². The summed E-state index contributed by atoms with van der Waals surface area (Å²) in [5, 5.41) is 0.521. The predicted octanol–water partition coefficient (Wildman–Crippen LogP) is 3.30. The molecule has 27 heavy (non-hydrogen) atoms. The maximum absolute atomic E-state index is 12.9. The number of amides is 1. The lowest BCUT2D eigenvalue weighted by Gasteiger charge is -2.06. The quantitative estimate of drug-likeness (QED) is 0.463. The molecule has 3 aromatic rings. The van der Waals surface area contributed by atoms with E-state index in [1.165, 1.54) is 29.0 Å². The summed E-state index contributed by atoms with van der Waals surface area (Å²) < 4.78 is 38.2. The Labute approximate surface area is 160 Å². The molecule has 2 aromatic carbocycles. The molecule has 0 aliphatic rings. The molecule has 0 unspecified atom stereocenters. The fraction of sp³-hybridized carbons (Fsp3) is 0.222. The molecule has 2 N–H and O–H groups in total. The first-order valence-electron chi connectivity index (χ1n) is 8.30. The Morgan fingerprint density at radius 2 is 1.93 bits per heavy atom. The highest BCUT2D eigenvalue weighted by molar-refractivity contribution is 7.91. The second kappa shape index (κ2) is 8.01. The van der Waals surface area contributed by atoms with E-state index in [2.05, 4.69) is 28.8 Å². The van der Waals surface area contributed by atoms with Crippen molar-refractivity contribution in [2.24, 2.45) is 0 Å². The van der Waals surface area contributed by atoms with Gasteiger partial charge in [-0.15, -0.1) is 0 Å². The fourth-order valence-corrected chi connectivity index (χ4v) is 4.54. The largest absolute Gasteiger partial charge is 0.273 e. The van der Waals surface area contributed by atoms with Crippen molar-refractivity contribution >= 4 is 42.4 Å². The molecule has 0 saturated carbocycles. The van der Waals surface area contributed by atoms with E-state index >= 15 is 0 Å². The minimum absolute atomic E-state index is 0.0115. The molecule has 0 bridgehead atoms. The average molecular weight is 407 g/mol. The van der Waals surface area contributed by atoms with Crippen molar-refractivity contribution in [3.05, 3.63) is 53.8 Å². The number of hydrogen-bond acceptors (Lipinski definition) is 6. The lowest BCUT2D eigenvalue weighted by Crippen LogP contribution is -2.30.